The Morgan fingerprint density at radius 3 is 2.62 bits per heavy atom. The fourth-order valence-electron chi connectivity index (χ4n) is 3.26. The quantitative estimate of drug-likeness (QED) is 0.699. The highest BCUT2D eigenvalue weighted by atomic mass is 16.5. The first kappa shape index (κ1) is 20.0. The predicted octanol–water partition coefficient (Wildman–Crippen LogP) is 1.82. The van der Waals surface area contributed by atoms with E-state index in [1.54, 1.807) is 19.1 Å². The smallest absolute Gasteiger partial charge is 0.317 e. The topological polar surface area (TPSA) is 82.1 Å². The van der Waals surface area contributed by atoms with Crippen LogP contribution in [0.25, 0.3) is 0 Å². The molecule has 0 bridgehead atoms. The Morgan fingerprint density at radius 1 is 1.31 bits per heavy atom. The summed E-state index contributed by atoms with van der Waals surface area (Å²) in [5, 5.41) is 12.0. The van der Waals surface area contributed by atoms with Crippen LogP contribution < -0.4 is 10.1 Å². The number of hydrogen-bond acceptors (Lipinski definition) is 4. The number of methoxy groups -OCH3 is 1. The first-order valence-electron chi connectivity index (χ1n) is 9.04. The molecule has 0 spiro atoms. The molecule has 2 N–H and O–H groups in total. The fourth-order valence-corrected chi connectivity index (χ4v) is 3.26. The lowest BCUT2D eigenvalue weighted by Crippen LogP contribution is -2.56. The number of amides is 2. The number of rotatable bonds is 9. The molecule has 0 heterocycles. The van der Waals surface area contributed by atoms with Gasteiger partial charge in [-0.1, -0.05) is 25.1 Å². The van der Waals surface area contributed by atoms with Crippen LogP contribution >= 0.6 is 0 Å². The van der Waals surface area contributed by atoms with Crippen LogP contribution in [0.15, 0.2) is 24.3 Å². The molecular weight excluding hydrogens is 334 g/mol. The Labute approximate surface area is 154 Å². The van der Waals surface area contributed by atoms with E-state index in [4.69, 9.17) is 9.84 Å². The number of para-hydroxylation sites is 1. The molecule has 0 saturated heterocycles. The zero-order valence-electron chi connectivity index (χ0n) is 15.8. The molecule has 1 aliphatic rings. The van der Waals surface area contributed by atoms with E-state index in [1.165, 1.54) is 0 Å². The van der Waals surface area contributed by atoms with Crippen molar-refractivity contribution >= 4 is 12.0 Å². The number of nitrogens with one attached hydrogen (secondary N) is 1. The summed E-state index contributed by atoms with van der Waals surface area (Å²) in [6, 6.07) is 8.07. The number of carbonyl (C=O) groups excluding carboxylic acids is 1. The molecule has 0 radical (unpaired) electrons. The lowest BCUT2D eigenvalue weighted by molar-refractivity contribution is -0.139. The SMILES string of the molecule is CCN(CC(=O)O)C1CC(NC(=O)N(C)CCc2ccccc2OC)C1. The van der Waals surface area contributed by atoms with E-state index in [9.17, 15) is 9.59 Å². The minimum Gasteiger partial charge on any atom is -0.496 e. The van der Waals surface area contributed by atoms with Gasteiger partial charge in [-0.2, -0.15) is 0 Å². The highest BCUT2D eigenvalue weighted by molar-refractivity contribution is 5.74. The summed E-state index contributed by atoms with van der Waals surface area (Å²) in [5.74, 6) is 0.0247. The number of benzene rings is 1. The van der Waals surface area contributed by atoms with Crippen molar-refractivity contribution in [2.45, 2.75) is 38.3 Å². The summed E-state index contributed by atoms with van der Waals surface area (Å²) in [6.45, 7) is 3.32. The van der Waals surface area contributed by atoms with E-state index < -0.39 is 5.97 Å². The van der Waals surface area contributed by atoms with Crippen LogP contribution in [-0.2, 0) is 11.2 Å². The average molecular weight is 363 g/mol. The number of carboxylic acids is 1. The van der Waals surface area contributed by atoms with Gasteiger partial charge in [-0.05, 0) is 37.4 Å². The Kier molecular flexibility index (Phi) is 7.26. The maximum atomic E-state index is 12.3. The fraction of sp³-hybridized carbons (Fsp3) is 0.579. The molecule has 0 unspecified atom stereocenters. The molecule has 1 aromatic carbocycles. The number of urea groups is 1. The third kappa shape index (κ3) is 5.36. The second-order valence-electron chi connectivity index (χ2n) is 6.71. The minimum atomic E-state index is -0.810. The summed E-state index contributed by atoms with van der Waals surface area (Å²) < 4.78 is 5.34. The second kappa shape index (κ2) is 9.43. The molecular formula is C19H29N3O4. The molecule has 1 fully saturated rings. The Morgan fingerprint density at radius 2 is 2.00 bits per heavy atom. The average Bonchev–Trinajstić information content (AvgIpc) is 2.60. The summed E-state index contributed by atoms with van der Waals surface area (Å²) >= 11 is 0. The zero-order valence-corrected chi connectivity index (χ0v) is 15.8. The normalized spacial score (nSPS) is 18.9. The van der Waals surface area contributed by atoms with Gasteiger partial charge in [-0.25, -0.2) is 4.79 Å². The Hall–Kier alpha value is -2.28. The van der Waals surface area contributed by atoms with Gasteiger partial charge in [-0.3, -0.25) is 9.69 Å². The van der Waals surface area contributed by atoms with Crippen molar-refractivity contribution in [2.75, 3.05) is 33.8 Å². The van der Waals surface area contributed by atoms with Crippen molar-refractivity contribution in [3.63, 3.8) is 0 Å². The van der Waals surface area contributed by atoms with E-state index >= 15 is 0 Å². The maximum absolute atomic E-state index is 12.3. The van der Waals surface area contributed by atoms with Crippen LogP contribution in [0.5, 0.6) is 5.75 Å². The van der Waals surface area contributed by atoms with Gasteiger partial charge >= 0.3 is 12.0 Å². The van der Waals surface area contributed by atoms with Crippen LogP contribution in [0.3, 0.4) is 0 Å². The van der Waals surface area contributed by atoms with E-state index in [1.807, 2.05) is 36.1 Å². The molecule has 7 heteroatoms. The lowest BCUT2D eigenvalue weighted by atomic mass is 9.85. The van der Waals surface area contributed by atoms with Crippen molar-refractivity contribution in [1.29, 1.82) is 0 Å². The summed E-state index contributed by atoms with van der Waals surface area (Å²) in [4.78, 5) is 26.8. The monoisotopic (exact) mass is 363 g/mol. The lowest BCUT2D eigenvalue weighted by Gasteiger charge is -2.42. The standard InChI is InChI=1S/C19H29N3O4/c1-4-22(13-18(23)24)16-11-15(12-16)20-19(25)21(2)10-9-14-7-5-6-8-17(14)26-3/h5-8,15-16H,4,9-13H2,1-3H3,(H,20,25)(H,23,24). The molecule has 0 atom stereocenters. The third-order valence-electron chi connectivity index (χ3n) is 4.96. The highest BCUT2D eigenvalue weighted by Crippen LogP contribution is 2.25. The van der Waals surface area contributed by atoms with Crippen LogP contribution in [0, 0.1) is 0 Å². The number of hydrogen-bond donors (Lipinski definition) is 2. The van der Waals surface area contributed by atoms with Gasteiger partial charge in [0.1, 0.15) is 5.75 Å². The van der Waals surface area contributed by atoms with Gasteiger partial charge in [0, 0.05) is 25.7 Å². The van der Waals surface area contributed by atoms with Gasteiger partial charge in [0.2, 0.25) is 0 Å². The van der Waals surface area contributed by atoms with Crippen LogP contribution in [0.1, 0.15) is 25.3 Å². The molecule has 7 nitrogen and oxygen atoms in total. The second-order valence-corrected chi connectivity index (χ2v) is 6.71. The van der Waals surface area contributed by atoms with Gasteiger partial charge in [-0.15, -0.1) is 0 Å². The highest BCUT2D eigenvalue weighted by Gasteiger charge is 2.35. The van der Waals surface area contributed by atoms with E-state index in [0.717, 1.165) is 30.6 Å². The number of likely N-dealkylation sites (N-methyl/N-ethyl adjacent to an activating group) is 2. The number of aliphatic carboxylic acids is 1. The van der Waals surface area contributed by atoms with Crippen LogP contribution in [0.4, 0.5) is 4.79 Å². The zero-order chi connectivity index (χ0) is 19.1. The molecule has 2 rings (SSSR count). The molecule has 144 valence electrons. The minimum absolute atomic E-state index is 0.0562. The van der Waals surface area contributed by atoms with Gasteiger partial charge in [0.15, 0.2) is 0 Å². The molecule has 1 saturated carbocycles. The maximum Gasteiger partial charge on any atom is 0.317 e. The first-order chi connectivity index (χ1) is 12.4. The van der Waals surface area contributed by atoms with Crippen LogP contribution in [-0.4, -0.2) is 72.8 Å². The molecule has 2 amide bonds. The summed E-state index contributed by atoms with van der Waals surface area (Å²) in [5.41, 5.74) is 1.07. The molecule has 1 aliphatic carbocycles. The Bertz CT molecular complexity index is 617. The van der Waals surface area contributed by atoms with Gasteiger partial charge in [0.25, 0.3) is 0 Å². The van der Waals surface area contributed by atoms with E-state index in [0.29, 0.717) is 13.1 Å². The predicted molar refractivity (Wildman–Crippen MR) is 99.6 cm³/mol. The van der Waals surface area contributed by atoms with Crippen molar-refractivity contribution < 1.29 is 19.4 Å². The number of nitrogens with zero attached hydrogens (tertiary/aromatic N) is 2. The van der Waals surface area contributed by atoms with Crippen molar-refractivity contribution in [2.24, 2.45) is 0 Å². The van der Waals surface area contributed by atoms with Gasteiger partial charge in [0.05, 0.1) is 13.7 Å². The third-order valence-corrected chi connectivity index (χ3v) is 4.96. The summed E-state index contributed by atoms with van der Waals surface area (Å²) in [6.07, 6.45) is 2.32. The number of carbonyl (C=O) groups is 2. The number of carboxylic acid groups (broad SMARTS) is 1. The van der Waals surface area contributed by atoms with E-state index in [2.05, 4.69) is 5.32 Å². The van der Waals surface area contributed by atoms with E-state index in [-0.39, 0.29) is 24.7 Å². The van der Waals surface area contributed by atoms with Crippen LogP contribution in [0.2, 0.25) is 0 Å². The largest absolute Gasteiger partial charge is 0.496 e. The van der Waals surface area contributed by atoms with Crippen molar-refractivity contribution in [1.82, 2.24) is 15.1 Å². The molecule has 0 aliphatic heterocycles. The van der Waals surface area contributed by atoms with Crippen molar-refractivity contribution in [3.05, 3.63) is 29.8 Å². The van der Waals surface area contributed by atoms with Crippen molar-refractivity contribution in [3.8, 4) is 5.75 Å². The molecule has 0 aromatic heterocycles. The van der Waals surface area contributed by atoms with Gasteiger partial charge < -0.3 is 20.1 Å². The first-order valence-corrected chi connectivity index (χ1v) is 9.04. The Balaban J connectivity index is 1.74. The number of ether oxygens (including phenoxy) is 1. The molecule has 1 aromatic rings. The molecule has 26 heavy (non-hydrogen) atoms. The summed E-state index contributed by atoms with van der Waals surface area (Å²) in [7, 11) is 3.43.